The lowest BCUT2D eigenvalue weighted by Crippen LogP contribution is -2.24. The molecule has 0 bridgehead atoms. The summed E-state index contributed by atoms with van der Waals surface area (Å²) in [5, 5.41) is 11.5. The van der Waals surface area contributed by atoms with E-state index in [4.69, 9.17) is 5.26 Å². The molecule has 19 heavy (non-hydrogen) atoms. The molecule has 1 heterocycles. The fourth-order valence-corrected chi connectivity index (χ4v) is 1.69. The minimum Gasteiger partial charge on any atom is -0.347 e. The second-order valence-corrected chi connectivity index (χ2v) is 4.16. The minimum atomic E-state index is -0.192. The average molecular weight is 251 g/mol. The first-order valence-electron chi connectivity index (χ1n) is 5.89. The summed E-state index contributed by atoms with van der Waals surface area (Å²) >= 11 is 0. The number of nitrogens with zero attached hydrogens (tertiary/aromatic N) is 2. The Balaban J connectivity index is 2.01. The monoisotopic (exact) mass is 251 g/mol. The molecule has 0 saturated carbocycles. The first-order valence-corrected chi connectivity index (χ1v) is 5.89. The van der Waals surface area contributed by atoms with Crippen LogP contribution >= 0.6 is 0 Å². The predicted octanol–water partition coefficient (Wildman–Crippen LogP) is 2.19. The zero-order valence-electron chi connectivity index (χ0n) is 10.6. The van der Waals surface area contributed by atoms with E-state index in [9.17, 15) is 4.79 Å². The van der Waals surface area contributed by atoms with Crippen molar-refractivity contribution in [2.24, 2.45) is 0 Å². The first-order chi connectivity index (χ1) is 9.20. The SMILES string of the molecule is Cc1cccnc1C(=O)NCc1ccc(C#N)cc1. The van der Waals surface area contributed by atoms with Gasteiger partial charge >= 0.3 is 0 Å². The van der Waals surface area contributed by atoms with E-state index in [1.165, 1.54) is 0 Å². The lowest BCUT2D eigenvalue weighted by molar-refractivity contribution is 0.0945. The molecular weight excluding hydrogens is 238 g/mol. The molecule has 0 aliphatic carbocycles. The highest BCUT2D eigenvalue weighted by molar-refractivity contribution is 5.93. The van der Waals surface area contributed by atoms with Gasteiger partial charge in [-0.2, -0.15) is 5.26 Å². The van der Waals surface area contributed by atoms with Crippen LogP contribution in [0.4, 0.5) is 0 Å². The third-order valence-corrected chi connectivity index (χ3v) is 2.76. The number of amides is 1. The molecule has 0 aliphatic rings. The van der Waals surface area contributed by atoms with Crippen LogP contribution in [0, 0.1) is 18.3 Å². The molecule has 0 aliphatic heterocycles. The molecule has 1 aromatic heterocycles. The van der Waals surface area contributed by atoms with Crippen molar-refractivity contribution in [3.63, 3.8) is 0 Å². The van der Waals surface area contributed by atoms with E-state index in [-0.39, 0.29) is 5.91 Å². The smallest absolute Gasteiger partial charge is 0.270 e. The Morgan fingerprint density at radius 2 is 2.05 bits per heavy atom. The topological polar surface area (TPSA) is 65.8 Å². The molecule has 2 rings (SSSR count). The maximum absolute atomic E-state index is 11.9. The second kappa shape index (κ2) is 5.78. The van der Waals surface area contributed by atoms with Gasteiger partial charge in [0, 0.05) is 12.7 Å². The summed E-state index contributed by atoms with van der Waals surface area (Å²) in [6, 6.07) is 12.8. The zero-order valence-corrected chi connectivity index (χ0v) is 10.6. The van der Waals surface area contributed by atoms with Crippen LogP contribution in [0.5, 0.6) is 0 Å². The minimum absolute atomic E-state index is 0.192. The number of hydrogen-bond donors (Lipinski definition) is 1. The summed E-state index contributed by atoms with van der Waals surface area (Å²) in [4.78, 5) is 16.0. The van der Waals surface area contributed by atoms with E-state index in [0.717, 1.165) is 11.1 Å². The molecule has 2 aromatic rings. The molecule has 0 spiro atoms. The van der Waals surface area contributed by atoms with Crippen LogP contribution in [0.2, 0.25) is 0 Å². The Morgan fingerprint density at radius 3 is 2.68 bits per heavy atom. The summed E-state index contributed by atoms with van der Waals surface area (Å²) in [6.07, 6.45) is 1.60. The van der Waals surface area contributed by atoms with Crippen molar-refractivity contribution in [3.8, 4) is 6.07 Å². The van der Waals surface area contributed by atoms with Gasteiger partial charge in [0.05, 0.1) is 11.6 Å². The number of carbonyl (C=O) groups excluding carboxylic acids is 1. The van der Waals surface area contributed by atoms with Gasteiger partial charge in [-0.25, -0.2) is 0 Å². The van der Waals surface area contributed by atoms with Crippen LogP contribution in [-0.2, 0) is 6.54 Å². The van der Waals surface area contributed by atoms with Gasteiger partial charge in [0.15, 0.2) is 0 Å². The van der Waals surface area contributed by atoms with Crippen LogP contribution < -0.4 is 5.32 Å². The number of pyridine rings is 1. The van der Waals surface area contributed by atoms with Crippen LogP contribution in [-0.4, -0.2) is 10.9 Å². The van der Waals surface area contributed by atoms with E-state index < -0.39 is 0 Å². The predicted molar refractivity (Wildman–Crippen MR) is 71.3 cm³/mol. The number of benzene rings is 1. The normalized spacial score (nSPS) is 9.68. The molecule has 0 atom stereocenters. The molecule has 4 nitrogen and oxygen atoms in total. The fourth-order valence-electron chi connectivity index (χ4n) is 1.69. The third-order valence-electron chi connectivity index (χ3n) is 2.76. The molecule has 1 aromatic carbocycles. The molecule has 0 fully saturated rings. The highest BCUT2D eigenvalue weighted by atomic mass is 16.1. The Bertz CT molecular complexity index is 627. The van der Waals surface area contributed by atoms with Gasteiger partial charge in [-0.05, 0) is 36.2 Å². The fraction of sp³-hybridized carbons (Fsp3) is 0.133. The summed E-state index contributed by atoms with van der Waals surface area (Å²) in [6.45, 7) is 2.27. The maximum atomic E-state index is 11.9. The average Bonchev–Trinajstić information content (AvgIpc) is 2.46. The van der Waals surface area contributed by atoms with Gasteiger partial charge in [0.1, 0.15) is 5.69 Å². The first kappa shape index (κ1) is 12.8. The highest BCUT2D eigenvalue weighted by Crippen LogP contribution is 2.05. The van der Waals surface area contributed by atoms with E-state index in [2.05, 4.69) is 16.4 Å². The van der Waals surface area contributed by atoms with Crippen LogP contribution in [0.25, 0.3) is 0 Å². The largest absolute Gasteiger partial charge is 0.347 e. The number of hydrogen-bond acceptors (Lipinski definition) is 3. The Kier molecular flexibility index (Phi) is 3.89. The Hall–Kier alpha value is -2.67. The van der Waals surface area contributed by atoms with Gasteiger partial charge in [0.25, 0.3) is 5.91 Å². The lowest BCUT2D eigenvalue weighted by atomic mass is 10.1. The Labute approximate surface area is 111 Å². The third kappa shape index (κ3) is 3.17. The van der Waals surface area contributed by atoms with Gasteiger partial charge in [-0.15, -0.1) is 0 Å². The standard InChI is InChI=1S/C15H13N3O/c1-11-3-2-8-17-14(11)15(19)18-10-13-6-4-12(9-16)5-7-13/h2-8H,10H2,1H3,(H,18,19). The van der Waals surface area contributed by atoms with Gasteiger partial charge < -0.3 is 5.32 Å². The summed E-state index contributed by atoms with van der Waals surface area (Å²) in [5.41, 5.74) is 2.84. The van der Waals surface area contributed by atoms with E-state index >= 15 is 0 Å². The van der Waals surface area contributed by atoms with E-state index in [0.29, 0.717) is 17.8 Å². The maximum Gasteiger partial charge on any atom is 0.270 e. The van der Waals surface area contributed by atoms with Gasteiger partial charge in [-0.3, -0.25) is 9.78 Å². The van der Waals surface area contributed by atoms with Crippen molar-refractivity contribution in [3.05, 3.63) is 65.0 Å². The number of aryl methyl sites for hydroxylation is 1. The van der Waals surface area contributed by atoms with Crippen molar-refractivity contribution in [1.29, 1.82) is 5.26 Å². The molecule has 0 saturated heterocycles. The molecule has 1 amide bonds. The van der Waals surface area contributed by atoms with E-state index in [1.807, 2.05) is 25.1 Å². The van der Waals surface area contributed by atoms with Crippen molar-refractivity contribution in [2.45, 2.75) is 13.5 Å². The van der Waals surface area contributed by atoms with Crippen molar-refractivity contribution >= 4 is 5.91 Å². The van der Waals surface area contributed by atoms with Crippen molar-refractivity contribution in [1.82, 2.24) is 10.3 Å². The number of carbonyl (C=O) groups is 1. The zero-order chi connectivity index (χ0) is 13.7. The second-order valence-electron chi connectivity index (χ2n) is 4.16. The number of nitrogens with one attached hydrogen (secondary N) is 1. The quantitative estimate of drug-likeness (QED) is 0.909. The summed E-state index contributed by atoms with van der Waals surface area (Å²) in [5.74, 6) is -0.192. The summed E-state index contributed by atoms with van der Waals surface area (Å²) in [7, 11) is 0. The van der Waals surface area contributed by atoms with E-state index in [1.54, 1.807) is 24.4 Å². The number of aromatic nitrogens is 1. The number of nitriles is 1. The number of rotatable bonds is 3. The molecule has 1 N–H and O–H groups in total. The van der Waals surface area contributed by atoms with Crippen molar-refractivity contribution in [2.75, 3.05) is 0 Å². The van der Waals surface area contributed by atoms with Crippen LogP contribution in [0.1, 0.15) is 27.2 Å². The Morgan fingerprint density at radius 1 is 1.32 bits per heavy atom. The van der Waals surface area contributed by atoms with Gasteiger partial charge in [0.2, 0.25) is 0 Å². The van der Waals surface area contributed by atoms with Crippen LogP contribution in [0.15, 0.2) is 42.6 Å². The van der Waals surface area contributed by atoms with Crippen molar-refractivity contribution < 1.29 is 4.79 Å². The molecular formula is C15H13N3O. The molecule has 94 valence electrons. The van der Waals surface area contributed by atoms with Crippen LogP contribution in [0.3, 0.4) is 0 Å². The molecule has 0 unspecified atom stereocenters. The molecule has 0 radical (unpaired) electrons. The summed E-state index contributed by atoms with van der Waals surface area (Å²) < 4.78 is 0. The molecule has 4 heteroatoms. The highest BCUT2D eigenvalue weighted by Gasteiger charge is 2.09. The lowest BCUT2D eigenvalue weighted by Gasteiger charge is -2.06. The van der Waals surface area contributed by atoms with Gasteiger partial charge in [-0.1, -0.05) is 18.2 Å².